The molecule has 1 heterocycles. The van der Waals surface area contributed by atoms with E-state index < -0.39 is 11.7 Å². The van der Waals surface area contributed by atoms with Crippen molar-refractivity contribution in [1.82, 2.24) is 9.13 Å². The minimum atomic E-state index is -4.43. The lowest BCUT2D eigenvalue weighted by Crippen LogP contribution is -2.25. The SMILES string of the molecule is Cn1c(=N)n(CC(=O)c2ccc(C(F)(F)F)cc2)c2ccccc21. The van der Waals surface area contributed by atoms with Crippen LogP contribution in [0.5, 0.6) is 0 Å². The maximum atomic E-state index is 12.6. The molecule has 0 saturated heterocycles. The molecule has 0 saturated carbocycles. The van der Waals surface area contributed by atoms with E-state index in [9.17, 15) is 18.0 Å². The number of hydrogen-bond donors (Lipinski definition) is 1. The highest BCUT2D eigenvalue weighted by Gasteiger charge is 2.30. The predicted octanol–water partition coefficient (Wildman–Crippen LogP) is 3.36. The molecule has 0 unspecified atom stereocenters. The van der Waals surface area contributed by atoms with E-state index in [4.69, 9.17) is 5.41 Å². The summed E-state index contributed by atoms with van der Waals surface area (Å²) in [6.45, 7) is -0.106. The lowest BCUT2D eigenvalue weighted by atomic mass is 10.1. The quantitative estimate of drug-likeness (QED) is 0.734. The van der Waals surface area contributed by atoms with Gasteiger partial charge in [0.15, 0.2) is 5.78 Å². The number of aromatic nitrogens is 2. The molecule has 0 aliphatic rings. The first-order valence-electron chi connectivity index (χ1n) is 7.18. The molecule has 0 aliphatic carbocycles. The Balaban J connectivity index is 1.93. The van der Waals surface area contributed by atoms with Gasteiger partial charge in [-0.3, -0.25) is 10.2 Å². The summed E-state index contributed by atoms with van der Waals surface area (Å²) >= 11 is 0. The number of fused-ring (bicyclic) bond motifs is 1. The second-order valence-corrected chi connectivity index (χ2v) is 5.46. The van der Waals surface area contributed by atoms with E-state index in [1.54, 1.807) is 23.7 Å². The summed E-state index contributed by atoms with van der Waals surface area (Å²) in [4.78, 5) is 12.4. The number of rotatable bonds is 3. The molecule has 0 bridgehead atoms. The normalized spacial score (nSPS) is 11.8. The first-order chi connectivity index (χ1) is 11.3. The van der Waals surface area contributed by atoms with Crippen molar-refractivity contribution in [3.63, 3.8) is 0 Å². The van der Waals surface area contributed by atoms with Crippen LogP contribution in [0.4, 0.5) is 13.2 Å². The number of benzene rings is 2. The average molecular weight is 333 g/mol. The number of hydrogen-bond acceptors (Lipinski definition) is 2. The number of para-hydroxylation sites is 2. The van der Waals surface area contributed by atoms with Crippen molar-refractivity contribution < 1.29 is 18.0 Å². The number of carbonyl (C=O) groups excluding carboxylic acids is 1. The molecule has 0 spiro atoms. The first-order valence-corrected chi connectivity index (χ1v) is 7.18. The second kappa shape index (κ2) is 5.67. The van der Waals surface area contributed by atoms with Gasteiger partial charge in [0.2, 0.25) is 5.62 Å². The molecule has 0 atom stereocenters. The summed E-state index contributed by atoms with van der Waals surface area (Å²) in [5.74, 6) is -0.349. The molecule has 7 heteroatoms. The minimum Gasteiger partial charge on any atom is -0.313 e. The lowest BCUT2D eigenvalue weighted by Gasteiger charge is -2.08. The summed E-state index contributed by atoms with van der Waals surface area (Å²) in [5, 5.41) is 8.12. The maximum absolute atomic E-state index is 12.6. The molecule has 2 aromatic carbocycles. The van der Waals surface area contributed by atoms with Gasteiger partial charge in [-0.25, -0.2) is 0 Å². The Morgan fingerprint density at radius 3 is 2.21 bits per heavy atom. The fourth-order valence-electron chi connectivity index (χ4n) is 2.63. The number of imidazole rings is 1. The Morgan fingerprint density at radius 2 is 1.62 bits per heavy atom. The standard InChI is InChI=1S/C17H14F3N3O/c1-22-13-4-2-3-5-14(13)23(16(22)21)10-15(24)11-6-8-12(9-7-11)17(18,19)20/h2-9,21H,10H2,1H3. The van der Waals surface area contributed by atoms with E-state index in [1.165, 1.54) is 16.7 Å². The molecule has 3 rings (SSSR count). The van der Waals surface area contributed by atoms with Crippen LogP contribution in [-0.4, -0.2) is 14.9 Å². The molecule has 0 fully saturated rings. The van der Waals surface area contributed by atoms with Gasteiger partial charge in [-0.05, 0) is 24.3 Å². The Kier molecular flexibility index (Phi) is 3.79. The third-order valence-corrected chi connectivity index (χ3v) is 3.94. The van der Waals surface area contributed by atoms with Crippen LogP contribution in [-0.2, 0) is 19.8 Å². The molecular weight excluding hydrogens is 319 g/mol. The number of nitrogens with zero attached hydrogens (tertiary/aromatic N) is 2. The Bertz CT molecular complexity index is 965. The van der Waals surface area contributed by atoms with Gasteiger partial charge < -0.3 is 9.13 Å². The Hall–Kier alpha value is -2.83. The van der Waals surface area contributed by atoms with E-state index in [-0.39, 0.29) is 23.5 Å². The summed E-state index contributed by atoms with van der Waals surface area (Å²) in [6, 6.07) is 11.4. The zero-order chi connectivity index (χ0) is 17.5. The van der Waals surface area contributed by atoms with Gasteiger partial charge in [-0.2, -0.15) is 13.2 Å². The summed E-state index contributed by atoms with van der Waals surface area (Å²) < 4.78 is 40.9. The topological polar surface area (TPSA) is 50.8 Å². The highest BCUT2D eigenvalue weighted by Crippen LogP contribution is 2.29. The number of nitrogens with one attached hydrogen (secondary N) is 1. The predicted molar refractivity (Wildman–Crippen MR) is 82.5 cm³/mol. The van der Waals surface area contributed by atoms with Crippen LogP contribution in [0.2, 0.25) is 0 Å². The summed E-state index contributed by atoms with van der Waals surface area (Å²) in [6.07, 6.45) is -4.43. The van der Waals surface area contributed by atoms with Crippen LogP contribution in [0.1, 0.15) is 15.9 Å². The van der Waals surface area contributed by atoms with Crippen LogP contribution in [0, 0.1) is 5.41 Å². The number of alkyl halides is 3. The van der Waals surface area contributed by atoms with Crippen molar-refractivity contribution in [2.75, 3.05) is 0 Å². The number of ketones is 1. The molecular formula is C17H14F3N3O. The summed E-state index contributed by atoms with van der Waals surface area (Å²) in [5.41, 5.74) is 1.07. The van der Waals surface area contributed by atoms with Crippen LogP contribution < -0.4 is 5.62 Å². The number of halogens is 3. The van der Waals surface area contributed by atoms with Crippen molar-refractivity contribution in [2.45, 2.75) is 12.7 Å². The highest BCUT2D eigenvalue weighted by molar-refractivity contribution is 5.96. The molecule has 0 radical (unpaired) electrons. The van der Waals surface area contributed by atoms with E-state index in [2.05, 4.69) is 0 Å². The largest absolute Gasteiger partial charge is 0.416 e. The molecule has 3 aromatic rings. The highest BCUT2D eigenvalue weighted by atomic mass is 19.4. The molecule has 4 nitrogen and oxygen atoms in total. The third kappa shape index (κ3) is 2.73. The minimum absolute atomic E-state index is 0.106. The zero-order valence-electron chi connectivity index (χ0n) is 12.8. The van der Waals surface area contributed by atoms with Gasteiger partial charge in [-0.15, -0.1) is 0 Å². The van der Waals surface area contributed by atoms with Gasteiger partial charge in [0, 0.05) is 12.6 Å². The van der Waals surface area contributed by atoms with Crippen LogP contribution in [0.15, 0.2) is 48.5 Å². The van der Waals surface area contributed by atoms with Crippen molar-refractivity contribution >= 4 is 16.8 Å². The van der Waals surface area contributed by atoms with E-state index in [0.717, 1.165) is 23.2 Å². The monoisotopic (exact) mass is 333 g/mol. The number of carbonyl (C=O) groups is 1. The summed E-state index contributed by atoms with van der Waals surface area (Å²) in [7, 11) is 1.73. The third-order valence-electron chi connectivity index (χ3n) is 3.94. The number of aryl methyl sites for hydroxylation is 1. The zero-order valence-corrected chi connectivity index (χ0v) is 12.8. The van der Waals surface area contributed by atoms with Crippen LogP contribution in [0.25, 0.3) is 11.0 Å². The average Bonchev–Trinajstić information content (AvgIpc) is 2.79. The van der Waals surface area contributed by atoms with Crippen molar-refractivity contribution in [1.29, 1.82) is 5.41 Å². The maximum Gasteiger partial charge on any atom is 0.416 e. The van der Waals surface area contributed by atoms with Gasteiger partial charge >= 0.3 is 6.18 Å². The molecule has 1 N–H and O–H groups in total. The second-order valence-electron chi connectivity index (χ2n) is 5.46. The van der Waals surface area contributed by atoms with Gasteiger partial charge in [0.25, 0.3) is 0 Å². The Labute approximate surface area is 135 Å². The van der Waals surface area contributed by atoms with E-state index >= 15 is 0 Å². The van der Waals surface area contributed by atoms with Crippen LogP contribution >= 0.6 is 0 Å². The van der Waals surface area contributed by atoms with Crippen molar-refractivity contribution in [2.24, 2.45) is 7.05 Å². The first kappa shape index (κ1) is 16.0. The molecule has 1 aromatic heterocycles. The van der Waals surface area contributed by atoms with E-state index in [1.807, 2.05) is 12.1 Å². The van der Waals surface area contributed by atoms with Gasteiger partial charge in [0.05, 0.1) is 23.1 Å². The van der Waals surface area contributed by atoms with Crippen molar-refractivity contribution in [3.05, 3.63) is 65.3 Å². The van der Waals surface area contributed by atoms with E-state index in [0.29, 0.717) is 0 Å². The Morgan fingerprint density at radius 1 is 1.04 bits per heavy atom. The fourth-order valence-corrected chi connectivity index (χ4v) is 2.63. The van der Waals surface area contributed by atoms with Gasteiger partial charge in [0.1, 0.15) is 0 Å². The number of Topliss-reactive ketones (excluding diaryl/α,β-unsaturated/α-hetero) is 1. The molecule has 0 aliphatic heterocycles. The smallest absolute Gasteiger partial charge is 0.313 e. The molecule has 0 amide bonds. The molecule has 24 heavy (non-hydrogen) atoms. The van der Waals surface area contributed by atoms with Gasteiger partial charge in [-0.1, -0.05) is 24.3 Å². The fraction of sp³-hybridized carbons (Fsp3) is 0.176. The lowest BCUT2D eigenvalue weighted by molar-refractivity contribution is -0.137. The molecule has 124 valence electrons. The van der Waals surface area contributed by atoms with Crippen LogP contribution in [0.3, 0.4) is 0 Å². The van der Waals surface area contributed by atoms with Crippen molar-refractivity contribution in [3.8, 4) is 0 Å².